The van der Waals surface area contributed by atoms with Gasteiger partial charge in [0, 0.05) is 18.3 Å². The van der Waals surface area contributed by atoms with Crippen LogP contribution in [0.2, 0.25) is 0 Å². The Bertz CT molecular complexity index is 155. The molecule has 4 heteroatoms. The van der Waals surface area contributed by atoms with Gasteiger partial charge in [-0.3, -0.25) is 0 Å². The topological polar surface area (TPSA) is 64.3 Å². The second kappa shape index (κ2) is 5.73. The van der Waals surface area contributed by atoms with Crippen LogP contribution in [0.25, 0.3) is 0 Å². The number of rotatable bonds is 4. The van der Waals surface area contributed by atoms with Gasteiger partial charge in [0.05, 0.1) is 0 Å². The Labute approximate surface area is 66.4 Å². The zero-order valence-electron chi connectivity index (χ0n) is 6.89. The van der Waals surface area contributed by atoms with Crippen LogP contribution in [0.5, 0.6) is 0 Å². The third-order valence-electron chi connectivity index (χ3n) is 1.16. The lowest BCUT2D eigenvalue weighted by Gasteiger charge is -2.02. The quantitative estimate of drug-likeness (QED) is 0.332. The molecular weight excluding hydrogens is 144 g/mol. The molecule has 0 amide bonds. The Kier molecular flexibility index (Phi) is 5.20. The molecule has 0 saturated carbocycles. The molecular formula is C7H14N2O2. The fourth-order valence-corrected chi connectivity index (χ4v) is 0.428. The molecule has 0 aliphatic rings. The van der Waals surface area contributed by atoms with Crippen molar-refractivity contribution in [2.45, 2.75) is 6.92 Å². The maximum atomic E-state index is 10.9. The maximum absolute atomic E-state index is 10.9. The first kappa shape index (κ1) is 9.97. The van der Waals surface area contributed by atoms with Gasteiger partial charge in [-0.15, -0.1) is 0 Å². The van der Waals surface area contributed by atoms with Gasteiger partial charge < -0.3 is 15.8 Å². The van der Waals surface area contributed by atoms with E-state index in [1.807, 2.05) is 0 Å². The highest BCUT2D eigenvalue weighted by Crippen LogP contribution is 1.92. The third-order valence-corrected chi connectivity index (χ3v) is 1.16. The molecule has 0 aromatic carbocycles. The second-order valence-corrected chi connectivity index (χ2v) is 2.09. The predicted octanol–water partition coefficient (Wildman–Crippen LogP) is -0.388. The molecule has 0 rings (SSSR count). The monoisotopic (exact) mass is 158 g/mol. The zero-order valence-corrected chi connectivity index (χ0v) is 6.89. The number of hydrogen-bond acceptors (Lipinski definition) is 4. The maximum Gasteiger partial charge on any atom is 0.335 e. The first-order valence-electron chi connectivity index (χ1n) is 3.42. The molecule has 4 nitrogen and oxygen atoms in total. The fourth-order valence-electron chi connectivity index (χ4n) is 0.428. The first-order valence-corrected chi connectivity index (χ1v) is 3.42. The van der Waals surface area contributed by atoms with Crippen molar-refractivity contribution >= 4 is 5.97 Å². The molecule has 3 N–H and O–H groups in total. The molecule has 0 atom stereocenters. The molecule has 0 saturated heterocycles. The average Bonchev–Trinajstić information content (AvgIpc) is 2.03. The smallest absolute Gasteiger partial charge is 0.335 e. The van der Waals surface area contributed by atoms with Gasteiger partial charge in [0.2, 0.25) is 0 Å². The molecule has 0 aromatic heterocycles. The van der Waals surface area contributed by atoms with Gasteiger partial charge in [0.25, 0.3) is 0 Å². The summed E-state index contributed by atoms with van der Waals surface area (Å²) in [4.78, 5) is 10.9. The van der Waals surface area contributed by atoms with Gasteiger partial charge in [-0.1, -0.05) is 0 Å². The summed E-state index contributed by atoms with van der Waals surface area (Å²) < 4.78 is 4.79. The predicted molar refractivity (Wildman–Crippen MR) is 42.8 cm³/mol. The standard InChI is InChI=1S/C7H14N2O2/c1-6(5-8)7(10)11-4-3-9-2/h5,9H,3-4,8H2,1-2H3. The van der Waals surface area contributed by atoms with E-state index in [0.717, 1.165) is 0 Å². The van der Waals surface area contributed by atoms with E-state index >= 15 is 0 Å². The van der Waals surface area contributed by atoms with Crippen LogP contribution in [0.4, 0.5) is 0 Å². The van der Waals surface area contributed by atoms with Gasteiger partial charge >= 0.3 is 5.97 Å². The minimum Gasteiger partial charge on any atom is -0.461 e. The van der Waals surface area contributed by atoms with E-state index in [2.05, 4.69) is 5.32 Å². The normalized spacial score (nSPS) is 11.3. The summed E-state index contributed by atoms with van der Waals surface area (Å²) >= 11 is 0. The van der Waals surface area contributed by atoms with Gasteiger partial charge in [-0.05, 0) is 14.0 Å². The zero-order chi connectivity index (χ0) is 8.69. The van der Waals surface area contributed by atoms with Crippen molar-refractivity contribution < 1.29 is 9.53 Å². The number of nitrogens with two attached hydrogens (primary N) is 1. The summed E-state index contributed by atoms with van der Waals surface area (Å²) in [7, 11) is 1.79. The highest BCUT2D eigenvalue weighted by Gasteiger charge is 2.02. The van der Waals surface area contributed by atoms with E-state index in [1.165, 1.54) is 6.20 Å². The lowest BCUT2D eigenvalue weighted by molar-refractivity contribution is -0.138. The van der Waals surface area contributed by atoms with Crippen molar-refractivity contribution in [2.24, 2.45) is 5.73 Å². The summed E-state index contributed by atoms with van der Waals surface area (Å²) in [5.74, 6) is -0.359. The summed E-state index contributed by atoms with van der Waals surface area (Å²) in [6, 6.07) is 0. The van der Waals surface area contributed by atoms with Crippen LogP contribution in [-0.2, 0) is 9.53 Å². The Morgan fingerprint density at radius 3 is 2.82 bits per heavy atom. The van der Waals surface area contributed by atoms with Crippen molar-refractivity contribution in [2.75, 3.05) is 20.2 Å². The average molecular weight is 158 g/mol. The molecule has 0 fully saturated rings. The van der Waals surface area contributed by atoms with Gasteiger partial charge in [-0.2, -0.15) is 0 Å². The van der Waals surface area contributed by atoms with Crippen LogP contribution in [0, 0.1) is 0 Å². The van der Waals surface area contributed by atoms with E-state index in [1.54, 1.807) is 14.0 Å². The van der Waals surface area contributed by atoms with Crippen LogP contribution in [-0.4, -0.2) is 26.2 Å². The van der Waals surface area contributed by atoms with E-state index < -0.39 is 0 Å². The third kappa shape index (κ3) is 4.38. The second-order valence-electron chi connectivity index (χ2n) is 2.09. The molecule has 11 heavy (non-hydrogen) atoms. The molecule has 0 aromatic rings. The molecule has 0 spiro atoms. The van der Waals surface area contributed by atoms with E-state index in [-0.39, 0.29) is 5.97 Å². The molecule has 0 bridgehead atoms. The lowest BCUT2D eigenvalue weighted by Crippen LogP contribution is -2.17. The highest BCUT2D eigenvalue weighted by molar-refractivity contribution is 5.87. The summed E-state index contributed by atoms with van der Waals surface area (Å²) in [5.41, 5.74) is 5.53. The van der Waals surface area contributed by atoms with Gasteiger partial charge in [0.1, 0.15) is 6.61 Å². The van der Waals surface area contributed by atoms with Gasteiger partial charge in [0.15, 0.2) is 0 Å². The Balaban J connectivity index is 3.53. The molecule has 0 aliphatic heterocycles. The van der Waals surface area contributed by atoms with Crippen LogP contribution in [0.3, 0.4) is 0 Å². The molecule has 0 heterocycles. The first-order chi connectivity index (χ1) is 5.22. The molecule has 0 radical (unpaired) electrons. The van der Waals surface area contributed by atoms with Crippen LogP contribution >= 0.6 is 0 Å². The Morgan fingerprint density at radius 2 is 2.36 bits per heavy atom. The van der Waals surface area contributed by atoms with E-state index in [4.69, 9.17) is 10.5 Å². The summed E-state index contributed by atoms with van der Waals surface area (Å²) in [5, 5.41) is 2.85. The van der Waals surface area contributed by atoms with Crippen LogP contribution in [0.1, 0.15) is 6.92 Å². The minimum absolute atomic E-state index is 0.359. The fraction of sp³-hybridized carbons (Fsp3) is 0.571. The molecule has 0 unspecified atom stereocenters. The lowest BCUT2D eigenvalue weighted by atomic mass is 10.3. The Hall–Kier alpha value is -1.03. The van der Waals surface area contributed by atoms with Crippen molar-refractivity contribution in [3.8, 4) is 0 Å². The van der Waals surface area contributed by atoms with Gasteiger partial charge in [-0.25, -0.2) is 4.79 Å². The minimum atomic E-state index is -0.359. The van der Waals surface area contributed by atoms with Crippen molar-refractivity contribution in [1.82, 2.24) is 5.32 Å². The van der Waals surface area contributed by atoms with Crippen molar-refractivity contribution in [3.05, 3.63) is 11.8 Å². The number of hydrogen-bond donors (Lipinski definition) is 2. The van der Waals surface area contributed by atoms with Crippen molar-refractivity contribution in [1.29, 1.82) is 0 Å². The highest BCUT2D eigenvalue weighted by atomic mass is 16.5. The van der Waals surface area contributed by atoms with Crippen molar-refractivity contribution in [3.63, 3.8) is 0 Å². The summed E-state index contributed by atoms with van der Waals surface area (Å²) in [6.45, 7) is 2.64. The summed E-state index contributed by atoms with van der Waals surface area (Å²) in [6.07, 6.45) is 1.24. The van der Waals surface area contributed by atoms with Crippen LogP contribution < -0.4 is 11.1 Å². The number of likely N-dealkylation sites (N-methyl/N-ethyl adjacent to an activating group) is 1. The molecule has 0 aliphatic carbocycles. The number of esters is 1. The van der Waals surface area contributed by atoms with E-state index in [9.17, 15) is 4.79 Å². The number of carbonyl (C=O) groups excluding carboxylic acids is 1. The largest absolute Gasteiger partial charge is 0.461 e. The number of carbonyl (C=O) groups is 1. The Morgan fingerprint density at radius 1 is 1.73 bits per heavy atom. The number of ether oxygens (including phenoxy) is 1. The SMILES string of the molecule is CNCCOC(=O)C(C)=CN. The van der Waals surface area contributed by atoms with Crippen LogP contribution in [0.15, 0.2) is 11.8 Å². The molecule has 64 valence electrons. The van der Waals surface area contributed by atoms with E-state index in [0.29, 0.717) is 18.7 Å². The number of nitrogens with one attached hydrogen (secondary N) is 1.